The number of hydrogen-bond donors (Lipinski definition) is 0. The molecule has 0 unspecified atom stereocenters. The molecule has 1 aromatic rings. The van der Waals surface area contributed by atoms with Gasteiger partial charge in [0.25, 0.3) is 0 Å². The molecule has 2 heterocycles. The highest BCUT2D eigenvalue weighted by atomic mass is 15.3. The molecule has 0 fully saturated rings. The molecule has 0 aliphatic carbocycles. The first-order valence-corrected chi connectivity index (χ1v) is 7.37. The second kappa shape index (κ2) is 6.85. The van der Waals surface area contributed by atoms with E-state index in [9.17, 15) is 0 Å². The third kappa shape index (κ3) is 4.46. The van der Waals surface area contributed by atoms with Gasteiger partial charge in [-0.3, -0.25) is 0 Å². The smallest absolute Gasteiger partial charge is 0.134 e. The van der Waals surface area contributed by atoms with E-state index in [1.807, 2.05) is 6.33 Å². The third-order valence-corrected chi connectivity index (χ3v) is 3.79. The average molecular weight is 262 g/mol. The summed E-state index contributed by atoms with van der Waals surface area (Å²) in [7, 11) is 0. The molecule has 1 atom stereocenters. The van der Waals surface area contributed by atoms with E-state index in [1.165, 1.54) is 25.0 Å². The van der Waals surface area contributed by atoms with E-state index in [0.29, 0.717) is 0 Å². The Kier molecular flexibility index (Phi) is 5.14. The van der Waals surface area contributed by atoms with Gasteiger partial charge in [-0.1, -0.05) is 18.6 Å². The van der Waals surface area contributed by atoms with Gasteiger partial charge in [0, 0.05) is 32.6 Å². The van der Waals surface area contributed by atoms with Crippen LogP contribution >= 0.6 is 0 Å². The van der Waals surface area contributed by atoms with E-state index < -0.39 is 0 Å². The second-order valence-corrected chi connectivity index (χ2v) is 5.96. The van der Waals surface area contributed by atoms with Gasteiger partial charge in [0.05, 0.1) is 0 Å². The highest BCUT2D eigenvalue weighted by molar-refractivity contribution is 4.93. The van der Waals surface area contributed by atoms with Crippen LogP contribution in [0.2, 0.25) is 0 Å². The Hall–Kier alpha value is -1.16. The quantitative estimate of drug-likeness (QED) is 0.765. The number of fused-ring (bicyclic) bond motifs is 1. The molecule has 106 valence electrons. The molecule has 2 rings (SSSR count). The van der Waals surface area contributed by atoms with Crippen molar-refractivity contribution in [2.24, 2.45) is 5.92 Å². The first-order valence-electron chi connectivity index (χ1n) is 7.37. The van der Waals surface area contributed by atoms with E-state index >= 15 is 0 Å². The molecule has 0 saturated heterocycles. The minimum atomic E-state index is 0.763. The summed E-state index contributed by atoms with van der Waals surface area (Å²) in [5.41, 5.74) is 1.43. The molecular formula is C15H26N4. The summed E-state index contributed by atoms with van der Waals surface area (Å²) >= 11 is 0. The Morgan fingerprint density at radius 1 is 1.37 bits per heavy atom. The number of aromatic nitrogens is 3. The van der Waals surface area contributed by atoms with Crippen LogP contribution in [0, 0.1) is 5.92 Å². The Labute approximate surface area is 116 Å². The Morgan fingerprint density at radius 3 is 3.00 bits per heavy atom. The predicted molar refractivity (Wildman–Crippen MR) is 78.0 cm³/mol. The summed E-state index contributed by atoms with van der Waals surface area (Å²) < 4.78 is 2.19. The highest BCUT2D eigenvalue weighted by Gasteiger charge is 2.16. The van der Waals surface area contributed by atoms with Crippen LogP contribution in [0.25, 0.3) is 0 Å². The van der Waals surface area contributed by atoms with Gasteiger partial charge < -0.3 is 9.47 Å². The van der Waals surface area contributed by atoms with Crippen molar-refractivity contribution in [1.82, 2.24) is 19.7 Å². The molecule has 4 nitrogen and oxygen atoms in total. The van der Waals surface area contributed by atoms with Gasteiger partial charge in [-0.05, 0) is 32.6 Å². The molecule has 1 aromatic heterocycles. The van der Waals surface area contributed by atoms with Gasteiger partial charge in [-0.2, -0.15) is 0 Å². The fraction of sp³-hybridized carbons (Fsp3) is 0.733. The van der Waals surface area contributed by atoms with E-state index in [2.05, 4.69) is 46.5 Å². The van der Waals surface area contributed by atoms with Crippen molar-refractivity contribution in [3.05, 3.63) is 23.8 Å². The van der Waals surface area contributed by atoms with Crippen molar-refractivity contribution in [1.29, 1.82) is 0 Å². The lowest BCUT2D eigenvalue weighted by molar-refractivity contribution is 0.236. The van der Waals surface area contributed by atoms with Crippen molar-refractivity contribution in [2.45, 2.75) is 46.6 Å². The van der Waals surface area contributed by atoms with Gasteiger partial charge in [-0.15, -0.1) is 10.2 Å². The highest BCUT2D eigenvalue weighted by Crippen LogP contribution is 2.12. The summed E-state index contributed by atoms with van der Waals surface area (Å²) in [5.74, 6) is 1.90. The molecule has 0 saturated carbocycles. The van der Waals surface area contributed by atoms with Gasteiger partial charge in [0.1, 0.15) is 12.2 Å². The van der Waals surface area contributed by atoms with Crippen LogP contribution in [-0.4, -0.2) is 39.3 Å². The zero-order chi connectivity index (χ0) is 13.7. The largest absolute Gasteiger partial charge is 0.316 e. The lowest BCUT2D eigenvalue weighted by Gasteiger charge is -2.23. The second-order valence-electron chi connectivity index (χ2n) is 5.96. The summed E-state index contributed by atoms with van der Waals surface area (Å²) in [6.45, 7) is 11.2. The van der Waals surface area contributed by atoms with Gasteiger partial charge >= 0.3 is 0 Å². The van der Waals surface area contributed by atoms with Gasteiger partial charge in [0.15, 0.2) is 0 Å². The zero-order valence-corrected chi connectivity index (χ0v) is 12.5. The standard InChI is InChI=1S/C15H26N4/c1-13(2)5-4-6-14(3)11-18-8-7-15-17-16-12-19(15)10-9-18/h5,12,14H,4,6-11H2,1-3H3/t14-/m0/s1. The normalized spacial score (nSPS) is 17.6. The topological polar surface area (TPSA) is 34.0 Å². The van der Waals surface area contributed by atoms with Crippen LogP contribution in [0.15, 0.2) is 18.0 Å². The maximum Gasteiger partial charge on any atom is 0.134 e. The molecule has 0 bridgehead atoms. The van der Waals surface area contributed by atoms with Crippen molar-refractivity contribution >= 4 is 0 Å². The summed E-state index contributed by atoms with van der Waals surface area (Å²) in [4.78, 5) is 2.57. The average Bonchev–Trinajstić information content (AvgIpc) is 2.72. The van der Waals surface area contributed by atoms with E-state index in [1.54, 1.807) is 0 Å². The fourth-order valence-corrected chi connectivity index (χ4v) is 2.65. The van der Waals surface area contributed by atoms with Crippen LogP contribution in [0.4, 0.5) is 0 Å². The van der Waals surface area contributed by atoms with Crippen LogP contribution in [0.1, 0.15) is 39.4 Å². The molecule has 0 amide bonds. The lowest BCUT2D eigenvalue weighted by Crippen LogP contribution is -2.31. The number of rotatable bonds is 5. The first kappa shape index (κ1) is 14.3. The molecule has 1 aliphatic heterocycles. The zero-order valence-electron chi connectivity index (χ0n) is 12.5. The number of allylic oxidation sites excluding steroid dienone is 2. The summed E-state index contributed by atoms with van der Waals surface area (Å²) in [5, 5.41) is 8.15. The van der Waals surface area contributed by atoms with Crippen LogP contribution in [0.5, 0.6) is 0 Å². The monoisotopic (exact) mass is 262 g/mol. The van der Waals surface area contributed by atoms with Crippen LogP contribution in [0.3, 0.4) is 0 Å². The third-order valence-electron chi connectivity index (χ3n) is 3.79. The van der Waals surface area contributed by atoms with Crippen LogP contribution < -0.4 is 0 Å². The molecule has 19 heavy (non-hydrogen) atoms. The van der Waals surface area contributed by atoms with E-state index in [0.717, 1.165) is 37.8 Å². The maximum atomic E-state index is 4.18. The van der Waals surface area contributed by atoms with Crippen molar-refractivity contribution in [3.8, 4) is 0 Å². The predicted octanol–water partition coefficient (Wildman–Crippen LogP) is 2.52. The number of hydrogen-bond acceptors (Lipinski definition) is 3. The summed E-state index contributed by atoms with van der Waals surface area (Å²) in [6, 6.07) is 0. The SMILES string of the molecule is CC(C)=CCC[C@H](C)CN1CCc2nncn2CC1. The Balaban J connectivity index is 1.75. The Morgan fingerprint density at radius 2 is 2.21 bits per heavy atom. The molecule has 0 spiro atoms. The molecule has 0 aromatic carbocycles. The molecule has 0 radical (unpaired) electrons. The minimum absolute atomic E-state index is 0.763. The number of nitrogens with zero attached hydrogens (tertiary/aromatic N) is 4. The molecule has 0 N–H and O–H groups in total. The lowest BCUT2D eigenvalue weighted by atomic mass is 10.0. The van der Waals surface area contributed by atoms with Crippen molar-refractivity contribution in [2.75, 3.05) is 19.6 Å². The summed E-state index contributed by atoms with van der Waals surface area (Å²) in [6.07, 6.45) is 7.73. The van der Waals surface area contributed by atoms with Gasteiger partial charge in [-0.25, -0.2) is 0 Å². The van der Waals surface area contributed by atoms with Crippen LogP contribution in [-0.2, 0) is 13.0 Å². The van der Waals surface area contributed by atoms with Gasteiger partial charge in [0.2, 0.25) is 0 Å². The van der Waals surface area contributed by atoms with E-state index in [-0.39, 0.29) is 0 Å². The molecule has 4 heteroatoms. The minimum Gasteiger partial charge on any atom is -0.316 e. The molecule has 1 aliphatic rings. The fourth-order valence-electron chi connectivity index (χ4n) is 2.65. The Bertz CT molecular complexity index is 395. The maximum absolute atomic E-state index is 4.18. The van der Waals surface area contributed by atoms with Crippen molar-refractivity contribution in [3.63, 3.8) is 0 Å². The first-order chi connectivity index (χ1) is 9.15. The van der Waals surface area contributed by atoms with Crippen molar-refractivity contribution < 1.29 is 0 Å². The molecular weight excluding hydrogens is 236 g/mol. The van der Waals surface area contributed by atoms with E-state index in [4.69, 9.17) is 0 Å².